The maximum atomic E-state index is 11.4. The summed E-state index contributed by atoms with van der Waals surface area (Å²) in [5.74, 6) is -0.601. The van der Waals surface area contributed by atoms with Crippen molar-refractivity contribution in [3.63, 3.8) is 0 Å². The van der Waals surface area contributed by atoms with E-state index in [2.05, 4.69) is 15.3 Å². The van der Waals surface area contributed by atoms with E-state index in [-0.39, 0.29) is 29.8 Å². The van der Waals surface area contributed by atoms with Gasteiger partial charge in [0.15, 0.2) is 5.69 Å². The summed E-state index contributed by atoms with van der Waals surface area (Å²) < 4.78 is 5.70. The molecular weight excluding hydrogens is 324 g/mol. The van der Waals surface area contributed by atoms with Gasteiger partial charge in [-0.05, 0) is 25.7 Å². The van der Waals surface area contributed by atoms with Crippen molar-refractivity contribution in [3.05, 3.63) is 11.8 Å². The lowest BCUT2D eigenvalue weighted by Gasteiger charge is -2.32. The highest BCUT2D eigenvalue weighted by atomic mass is 16.5. The quantitative estimate of drug-likeness (QED) is 0.776. The van der Waals surface area contributed by atoms with Crippen LogP contribution >= 0.6 is 0 Å². The van der Waals surface area contributed by atoms with E-state index in [0.29, 0.717) is 18.9 Å². The number of likely N-dealkylation sites (tertiary alicyclic amines) is 1. The molecule has 8 nitrogen and oxygen atoms in total. The molecule has 0 atom stereocenters. The van der Waals surface area contributed by atoms with Gasteiger partial charge in [-0.25, -0.2) is 4.79 Å². The van der Waals surface area contributed by atoms with Crippen LogP contribution in [0, 0.1) is 0 Å². The molecule has 1 fully saturated rings. The van der Waals surface area contributed by atoms with E-state index in [0.717, 1.165) is 25.7 Å². The minimum absolute atomic E-state index is 0.0456. The van der Waals surface area contributed by atoms with Crippen LogP contribution in [0.4, 0.5) is 5.82 Å². The highest BCUT2D eigenvalue weighted by Gasteiger charge is 2.22. The van der Waals surface area contributed by atoms with Gasteiger partial charge in [-0.3, -0.25) is 4.79 Å². The zero-order chi connectivity index (χ0) is 18.4. The van der Waals surface area contributed by atoms with Crippen LogP contribution < -0.4 is 10.1 Å². The second-order valence-electron chi connectivity index (χ2n) is 6.21. The number of aromatic nitrogens is 2. The summed E-state index contributed by atoms with van der Waals surface area (Å²) in [6.45, 7) is 6.93. The molecule has 1 aliphatic heterocycles. The molecule has 8 heteroatoms. The molecule has 1 aromatic rings. The number of carboxylic acids is 1. The first-order valence-corrected chi connectivity index (χ1v) is 8.74. The van der Waals surface area contributed by atoms with Crippen molar-refractivity contribution in [2.45, 2.75) is 58.6 Å². The molecule has 2 rings (SSSR count). The standard InChI is InChI=1S/C17H26N4O4/c1-4-13(5-2)25-17-19-14(16(23)24)10-15(20-17)18-12-6-8-21(9-7-12)11(3)22/h10,12-13H,4-9H2,1-3H3,(H,23,24)(H,18,19,20). The van der Waals surface area contributed by atoms with Crippen LogP contribution in [0.25, 0.3) is 0 Å². The van der Waals surface area contributed by atoms with E-state index >= 15 is 0 Å². The SMILES string of the molecule is CCC(CC)Oc1nc(NC2CCN(C(C)=O)CC2)cc(C(=O)O)n1. The Bertz CT molecular complexity index is 611. The van der Waals surface area contributed by atoms with Crippen LogP contribution in [0.3, 0.4) is 0 Å². The molecule has 0 radical (unpaired) electrons. The summed E-state index contributed by atoms with van der Waals surface area (Å²) in [5.41, 5.74) is -0.0976. The Kier molecular flexibility index (Phi) is 6.55. The van der Waals surface area contributed by atoms with E-state index in [9.17, 15) is 14.7 Å². The minimum Gasteiger partial charge on any atom is -0.477 e. The van der Waals surface area contributed by atoms with Crippen molar-refractivity contribution in [2.24, 2.45) is 0 Å². The zero-order valence-corrected chi connectivity index (χ0v) is 15.0. The number of aromatic carboxylic acids is 1. The first kappa shape index (κ1) is 19.0. The Morgan fingerprint density at radius 3 is 2.48 bits per heavy atom. The summed E-state index contributed by atoms with van der Waals surface area (Å²) in [6.07, 6.45) is 3.12. The van der Waals surface area contributed by atoms with Gasteiger partial charge in [-0.1, -0.05) is 13.8 Å². The number of anilines is 1. The summed E-state index contributed by atoms with van der Waals surface area (Å²) in [7, 11) is 0. The number of piperidine rings is 1. The lowest BCUT2D eigenvalue weighted by Crippen LogP contribution is -2.41. The fourth-order valence-electron chi connectivity index (χ4n) is 2.81. The maximum absolute atomic E-state index is 11.4. The van der Waals surface area contributed by atoms with Gasteiger partial charge in [0, 0.05) is 32.1 Å². The molecular formula is C17H26N4O4. The van der Waals surface area contributed by atoms with Crippen LogP contribution in [-0.2, 0) is 4.79 Å². The molecule has 1 saturated heterocycles. The third kappa shape index (κ3) is 5.30. The lowest BCUT2D eigenvalue weighted by molar-refractivity contribution is -0.129. The number of hydrogen-bond acceptors (Lipinski definition) is 6. The summed E-state index contributed by atoms with van der Waals surface area (Å²) in [4.78, 5) is 32.8. The van der Waals surface area contributed by atoms with E-state index in [4.69, 9.17) is 4.74 Å². The van der Waals surface area contributed by atoms with Crippen molar-refractivity contribution < 1.29 is 19.4 Å². The van der Waals surface area contributed by atoms with Gasteiger partial charge < -0.3 is 20.1 Å². The number of ether oxygens (including phenoxy) is 1. The monoisotopic (exact) mass is 350 g/mol. The Hall–Kier alpha value is -2.38. The Morgan fingerprint density at radius 1 is 1.32 bits per heavy atom. The van der Waals surface area contributed by atoms with Crippen molar-refractivity contribution in [3.8, 4) is 6.01 Å². The predicted octanol–water partition coefficient (Wildman–Crippen LogP) is 2.16. The number of nitrogens with one attached hydrogen (secondary N) is 1. The first-order valence-electron chi connectivity index (χ1n) is 8.74. The number of carbonyl (C=O) groups is 2. The topological polar surface area (TPSA) is 105 Å². The summed E-state index contributed by atoms with van der Waals surface area (Å²) in [5, 5.41) is 12.5. The molecule has 1 aliphatic rings. The van der Waals surface area contributed by atoms with Gasteiger partial charge in [0.25, 0.3) is 0 Å². The van der Waals surface area contributed by atoms with Crippen LogP contribution in [0.2, 0.25) is 0 Å². The third-order valence-electron chi connectivity index (χ3n) is 4.40. The third-order valence-corrected chi connectivity index (χ3v) is 4.40. The largest absolute Gasteiger partial charge is 0.477 e. The van der Waals surface area contributed by atoms with Gasteiger partial charge in [0.2, 0.25) is 5.91 Å². The van der Waals surface area contributed by atoms with Gasteiger partial charge in [0.05, 0.1) is 0 Å². The number of hydrogen-bond donors (Lipinski definition) is 2. The molecule has 0 unspecified atom stereocenters. The number of rotatable bonds is 7. The van der Waals surface area contributed by atoms with Crippen LogP contribution in [0.1, 0.15) is 56.9 Å². The molecule has 0 spiro atoms. The highest BCUT2D eigenvalue weighted by Crippen LogP contribution is 2.19. The van der Waals surface area contributed by atoms with Crippen LogP contribution in [-0.4, -0.2) is 57.1 Å². The molecule has 138 valence electrons. The molecule has 1 aromatic heterocycles. The van der Waals surface area contributed by atoms with Crippen molar-refractivity contribution in [1.82, 2.24) is 14.9 Å². The van der Waals surface area contributed by atoms with E-state index < -0.39 is 5.97 Å². The number of amides is 1. The molecule has 2 heterocycles. The van der Waals surface area contributed by atoms with E-state index in [1.807, 2.05) is 18.7 Å². The van der Waals surface area contributed by atoms with Crippen LogP contribution in [0.15, 0.2) is 6.07 Å². The molecule has 2 N–H and O–H groups in total. The fourth-order valence-corrected chi connectivity index (χ4v) is 2.81. The summed E-state index contributed by atoms with van der Waals surface area (Å²) >= 11 is 0. The highest BCUT2D eigenvalue weighted by molar-refractivity contribution is 5.86. The molecule has 0 aliphatic carbocycles. The van der Waals surface area contributed by atoms with Gasteiger partial charge in [-0.15, -0.1) is 0 Å². The van der Waals surface area contributed by atoms with Crippen LogP contribution in [0.5, 0.6) is 6.01 Å². The van der Waals surface area contributed by atoms with E-state index in [1.54, 1.807) is 6.92 Å². The van der Waals surface area contributed by atoms with Crippen molar-refractivity contribution in [2.75, 3.05) is 18.4 Å². The average Bonchev–Trinajstić information content (AvgIpc) is 2.59. The molecule has 1 amide bonds. The second kappa shape index (κ2) is 8.64. The minimum atomic E-state index is -1.12. The van der Waals surface area contributed by atoms with E-state index in [1.165, 1.54) is 6.07 Å². The second-order valence-corrected chi connectivity index (χ2v) is 6.21. The molecule has 0 aromatic carbocycles. The average molecular weight is 350 g/mol. The number of carboxylic acid groups (broad SMARTS) is 1. The van der Waals surface area contributed by atoms with Crippen molar-refractivity contribution in [1.29, 1.82) is 0 Å². The summed E-state index contributed by atoms with van der Waals surface area (Å²) in [6, 6.07) is 1.63. The Morgan fingerprint density at radius 2 is 1.96 bits per heavy atom. The van der Waals surface area contributed by atoms with Crippen molar-refractivity contribution >= 4 is 17.7 Å². The molecule has 25 heavy (non-hydrogen) atoms. The Balaban J connectivity index is 2.10. The first-order chi connectivity index (χ1) is 11.9. The number of nitrogens with zero attached hydrogens (tertiary/aromatic N) is 3. The smallest absolute Gasteiger partial charge is 0.354 e. The zero-order valence-electron chi connectivity index (χ0n) is 15.0. The predicted molar refractivity (Wildman–Crippen MR) is 92.9 cm³/mol. The fraction of sp³-hybridized carbons (Fsp3) is 0.647. The molecule has 0 saturated carbocycles. The normalized spacial score (nSPS) is 15.3. The lowest BCUT2D eigenvalue weighted by atomic mass is 10.1. The van der Waals surface area contributed by atoms with Gasteiger partial charge in [0.1, 0.15) is 11.9 Å². The molecule has 0 bridgehead atoms. The maximum Gasteiger partial charge on any atom is 0.354 e. The van der Waals surface area contributed by atoms with Gasteiger partial charge >= 0.3 is 12.0 Å². The Labute approximate surface area is 147 Å². The van der Waals surface area contributed by atoms with Gasteiger partial charge in [-0.2, -0.15) is 9.97 Å². The number of carbonyl (C=O) groups excluding carboxylic acids is 1.